The van der Waals surface area contributed by atoms with Crippen LogP contribution in [0.3, 0.4) is 0 Å². The quantitative estimate of drug-likeness (QED) is 0.725. The molecule has 1 aromatic rings. The first-order valence-electron chi connectivity index (χ1n) is 4.37. The van der Waals surface area contributed by atoms with Gasteiger partial charge in [-0.15, -0.1) is 11.8 Å². The first kappa shape index (κ1) is 10.4. The summed E-state index contributed by atoms with van der Waals surface area (Å²) in [4.78, 5) is 1.27. The SMILES string of the molecule is CSc1ccccc1NC(C)CN. The molecule has 1 unspecified atom stereocenters. The molecule has 0 saturated carbocycles. The van der Waals surface area contributed by atoms with Gasteiger partial charge in [0.2, 0.25) is 0 Å². The van der Waals surface area contributed by atoms with Crippen molar-refractivity contribution in [2.45, 2.75) is 17.9 Å². The highest BCUT2D eigenvalue weighted by atomic mass is 32.2. The Morgan fingerprint density at radius 2 is 2.15 bits per heavy atom. The Morgan fingerprint density at radius 3 is 2.77 bits per heavy atom. The number of benzene rings is 1. The van der Waals surface area contributed by atoms with Crippen molar-refractivity contribution in [2.75, 3.05) is 18.1 Å². The van der Waals surface area contributed by atoms with Crippen molar-refractivity contribution in [3.05, 3.63) is 24.3 Å². The van der Waals surface area contributed by atoms with Crippen LogP contribution in [-0.4, -0.2) is 18.8 Å². The second-order valence-corrected chi connectivity index (χ2v) is 3.83. The van der Waals surface area contributed by atoms with Crippen molar-refractivity contribution < 1.29 is 0 Å². The first-order valence-corrected chi connectivity index (χ1v) is 5.60. The number of hydrogen-bond donors (Lipinski definition) is 2. The van der Waals surface area contributed by atoms with Gasteiger partial charge in [-0.1, -0.05) is 12.1 Å². The summed E-state index contributed by atoms with van der Waals surface area (Å²) in [5.74, 6) is 0. The van der Waals surface area contributed by atoms with E-state index in [1.54, 1.807) is 11.8 Å². The molecule has 0 spiro atoms. The average molecular weight is 196 g/mol. The maximum absolute atomic E-state index is 5.54. The van der Waals surface area contributed by atoms with Crippen molar-refractivity contribution in [1.29, 1.82) is 0 Å². The third kappa shape index (κ3) is 2.94. The summed E-state index contributed by atoms with van der Waals surface area (Å²) in [6.45, 7) is 2.74. The van der Waals surface area contributed by atoms with E-state index in [1.165, 1.54) is 10.6 Å². The van der Waals surface area contributed by atoms with Crippen LogP contribution in [-0.2, 0) is 0 Å². The maximum atomic E-state index is 5.54. The zero-order valence-electron chi connectivity index (χ0n) is 8.08. The molecule has 2 nitrogen and oxygen atoms in total. The molecule has 72 valence electrons. The van der Waals surface area contributed by atoms with Crippen LogP contribution in [0.25, 0.3) is 0 Å². The number of para-hydroxylation sites is 1. The molecule has 1 aromatic carbocycles. The van der Waals surface area contributed by atoms with E-state index in [1.807, 2.05) is 12.1 Å². The van der Waals surface area contributed by atoms with Gasteiger partial charge in [0.1, 0.15) is 0 Å². The molecular weight excluding hydrogens is 180 g/mol. The average Bonchev–Trinajstić information content (AvgIpc) is 2.18. The smallest absolute Gasteiger partial charge is 0.0480 e. The number of thioether (sulfide) groups is 1. The molecule has 0 radical (unpaired) electrons. The molecule has 1 rings (SSSR count). The van der Waals surface area contributed by atoms with Gasteiger partial charge < -0.3 is 11.1 Å². The lowest BCUT2D eigenvalue weighted by atomic mass is 10.2. The summed E-state index contributed by atoms with van der Waals surface area (Å²) in [5, 5.41) is 3.37. The fraction of sp³-hybridized carbons (Fsp3) is 0.400. The highest BCUT2D eigenvalue weighted by Crippen LogP contribution is 2.24. The minimum absolute atomic E-state index is 0.327. The normalized spacial score (nSPS) is 12.5. The number of nitrogens with two attached hydrogens (primary N) is 1. The Kier molecular flexibility index (Phi) is 4.12. The third-order valence-electron chi connectivity index (χ3n) is 1.86. The van der Waals surface area contributed by atoms with Gasteiger partial charge in [-0.25, -0.2) is 0 Å². The Balaban J connectivity index is 2.74. The monoisotopic (exact) mass is 196 g/mol. The summed E-state index contributed by atoms with van der Waals surface area (Å²) < 4.78 is 0. The molecule has 0 aliphatic carbocycles. The number of hydrogen-bond acceptors (Lipinski definition) is 3. The molecule has 3 N–H and O–H groups in total. The number of rotatable bonds is 4. The van der Waals surface area contributed by atoms with Crippen molar-refractivity contribution in [1.82, 2.24) is 0 Å². The van der Waals surface area contributed by atoms with E-state index in [-0.39, 0.29) is 0 Å². The molecule has 13 heavy (non-hydrogen) atoms. The molecule has 0 saturated heterocycles. The predicted molar refractivity (Wildman–Crippen MR) is 60.4 cm³/mol. The lowest BCUT2D eigenvalue weighted by molar-refractivity contribution is 0.801. The molecule has 3 heteroatoms. The van der Waals surface area contributed by atoms with Crippen LogP contribution < -0.4 is 11.1 Å². The standard InChI is InChI=1S/C10H16N2S/c1-8(7-11)12-9-5-3-4-6-10(9)13-2/h3-6,8,12H,7,11H2,1-2H3. The summed E-state index contributed by atoms with van der Waals surface area (Å²) in [5.41, 5.74) is 6.72. The van der Waals surface area contributed by atoms with E-state index >= 15 is 0 Å². The molecule has 0 amide bonds. The van der Waals surface area contributed by atoms with Crippen molar-refractivity contribution in [2.24, 2.45) is 5.73 Å². The Labute approximate surface area is 83.9 Å². The second-order valence-electron chi connectivity index (χ2n) is 2.98. The molecule has 0 heterocycles. The summed E-state index contributed by atoms with van der Waals surface area (Å²) in [6, 6.07) is 8.59. The topological polar surface area (TPSA) is 38.0 Å². The lowest BCUT2D eigenvalue weighted by Crippen LogP contribution is -2.25. The van der Waals surface area contributed by atoms with Gasteiger partial charge in [0, 0.05) is 23.2 Å². The number of anilines is 1. The molecule has 0 aromatic heterocycles. The molecule has 0 bridgehead atoms. The van der Waals surface area contributed by atoms with Crippen LogP contribution in [0.2, 0.25) is 0 Å². The minimum Gasteiger partial charge on any atom is -0.380 e. The zero-order chi connectivity index (χ0) is 9.68. The van der Waals surface area contributed by atoms with Gasteiger partial charge in [0.25, 0.3) is 0 Å². The summed E-state index contributed by atoms with van der Waals surface area (Å²) in [6.07, 6.45) is 2.08. The Morgan fingerprint density at radius 1 is 1.46 bits per heavy atom. The molecule has 0 aliphatic heterocycles. The maximum Gasteiger partial charge on any atom is 0.0480 e. The van der Waals surface area contributed by atoms with Crippen LogP contribution in [0, 0.1) is 0 Å². The van der Waals surface area contributed by atoms with Gasteiger partial charge in [-0.3, -0.25) is 0 Å². The van der Waals surface area contributed by atoms with Crippen molar-refractivity contribution in [3.63, 3.8) is 0 Å². The molecule has 1 atom stereocenters. The predicted octanol–water partition coefficient (Wildman–Crippen LogP) is 2.17. The Bertz CT molecular complexity index is 263. The Hall–Kier alpha value is -0.670. The second kappa shape index (κ2) is 5.14. The molecular formula is C10H16N2S. The fourth-order valence-electron chi connectivity index (χ4n) is 1.09. The van der Waals surface area contributed by atoms with Gasteiger partial charge in [-0.05, 0) is 25.3 Å². The van der Waals surface area contributed by atoms with E-state index in [0.29, 0.717) is 12.6 Å². The lowest BCUT2D eigenvalue weighted by Gasteiger charge is -2.15. The molecule has 0 fully saturated rings. The number of nitrogens with one attached hydrogen (secondary N) is 1. The summed E-state index contributed by atoms with van der Waals surface area (Å²) in [7, 11) is 0. The van der Waals surface area contributed by atoms with Gasteiger partial charge >= 0.3 is 0 Å². The van der Waals surface area contributed by atoms with Crippen LogP contribution >= 0.6 is 11.8 Å². The van der Waals surface area contributed by atoms with Crippen LogP contribution in [0.15, 0.2) is 29.2 Å². The molecule has 0 aliphatic rings. The van der Waals surface area contributed by atoms with Gasteiger partial charge in [0.15, 0.2) is 0 Å². The summed E-state index contributed by atoms with van der Waals surface area (Å²) >= 11 is 1.74. The van der Waals surface area contributed by atoms with E-state index < -0.39 is 0 Å². The fourth-order valence-corrected chi connectivity index (χ4v) is 1.65. The van der Waals surface area contributed by atoms with Gasteiger partial charge in [-0.2, -0.15) is 0 Å². The zero-order valence-corrected chi connectivity index (χ0v) is 8.90. The highest BCUT2D eigenvalue weighted by molar-refractivity contribution is 7.98. The van der Waals surface area contributed by atoms with Crippen LogP contribution in [0.1, 0.15) is 6.92 Å². The first-order chi connectivity index (χ1) is 6.27. The van der Waals surface area contributed by atoms with E-state index in [0.717, 1.165) is 0 Å². The van der Waals surface area contributed by atoms with E-state index in [4.69, 9.17) is 5.73 Å². The van der Waals surface area contributed by atoms with E-state index in [9.17, 15) is 0 Å². The highest BCUT2D eigenvalue weighted by Gasteiger charge is 2.02. The van der Waals surface area contributed by atoms with Crippen molar-refractivity contribution in [3.8, 4) is 0 Å². The third-order valence-corrected chi connectivity index (χ3v) is 2.66. The largest absolute Gasteiger partial charge is 0.380 e. The van der Waals surface area contributed by atoms with Crippen molar-refractivity contribution >= 4 is 17.4 Å². The van der Waals surface area contributed by atoms with Crippen LogP contribution in [0.4, 0.5) is 5.69 Å². The van der Waals surface area contributed by atoms with E-state index in [2.05, 4.69) is 30.6 Å². The van der Waals surface area contributed by atoms with Gasteiger partial charge in [0.05, 0.1) is 0 Å². The van der Waals surface area contributed by atoms with Crippen LogP contribution in [0.5, 0.6) is 0 Å². The minimum atomic E-state index is 0.327.